The Morgan fingerprint density at radius 2 is 1.72 bits per heavy atom. The Labute approximate surface area is 205 Å². The quantitative estimate of drug-likeness (QED) is 0.118. The van der Waals surface area contributed by atoms with Gasteiger partial charge in [-0.1, -0.05) is 6.07 Å². The van der Waals surface area contributed by atoms with Gasteiger partial charge >= 0.3 is 5.97 Å². The molecule has 202 valence electrons. The summed E-state index contributed by atoms with van der Waals surface area (Å²) in [6, 6.07) is 4.27. The van der Waals surface area contributed by atoms with Crippen molar-refractivity contribution >= 4 is 12.0 Å². The molecular formula is C22H30O14. The molecule has 0 aromatic heterocycles. The van der Waals surface area contributed by atoms with E-state index < -0.39 is 80.6 Å². The van der Waals surface area contributed by atoms with Crippen LogP contribution < -0.4 is 4.74 Å². The molecule has 0 radical (unpaired) electrons. The second kappa shape index (κ2) is 11.8. The molecule has 0 unspecified atom stereocenters. The van der Waals surface area contributed by atoms with Gasteiger partial charge in [0.2, 0.25) is 5.79 Å². The molecule has 0 bridgehead atoms. The monoisotopic (exact) mass is 518 g/mol. The van der Waals surface area contributed by atoms with Gasteiger partial charge < -0.3 is 64.5 Å². The van der Waals surface area contributed by atoms with Crippen LogP contribution in [-0.2, 0) is 23.7 Å². The van der Waals surface area contributed by atoms with Crippen LogP contribution >= 0.6 is 0 Å². The third kappa shape index (κ3) is 5.63. The highest BCUT2D eigenvalue weighted by Gasteiger charge is 2.60. The van der Waals surface area contributed by atoms with Crippen molar-refractivity contribution in [2.45, 2.75) is 54.8 Å². The highest BCUT2D eigenvalue weighted by Crippen LogP contribution is 2.38. The van der Waals surface area contributed by atoms with E-state index in [4.69, 9.17) is 23.7 Å². The van der Waals surface area contributed by atoms with Gasteiger partial charge in [0.25, 0.3) is 0 Å². The third-order valence-electron chi connectivity index (χ3n) is 5.90. The van der Waals surface area contributed by atoms with Crippen molar-refractivity contribution in [3.8, 4) is 11.5 Å². The summed E-state index contributed by atoms with van der Waals surface area (Å²) in [4.78, 5) is 12.5. The first-order chi connectivity index (χ1) is 17.1. The molecule has 1 aromatic rings. The molecule has 0 aliphatic carbocycles. The third-order valence-corrected chi connectivity index (χ3v) is 5.90. The Hall–Kier alpha value is -2.37. The van der Waals surface area contributed by atoms with Crippen LogP contribution in [-0.4, -0.2) is 129 Å². The Morgan fingerprint density at radius 3 is 2.33 bits per heavy atom. The minimum absolute atomic E-state index is 0.114. The van der Waals surface area contributed by atoms with Gasteiger partial charge in [0.05, 0.1) is 20.3 Å². The molecule has 14 nitrogen and oxygen atoms in total. The molecule has 14 heteroatoms. The first-order valence-corrected chi connectivity index (χ1v) is 10.9. The maximum absolute atomic E-state index is 12.5. The fraction of sp³-hybridized carbons (Fsp3) is 0.591. The number of benzene rings is 1. The average Bonchev–Trinajstić information content (AvgIpc) is 3.14. The van der Waals surface area contributed by atoms with Crippen molar-refractivity contribution in [1.29, 1.82) is 0 Å². The molecule has 2 heterocycles. The molecule has 2 aliphatic heterocycles. The number of methoxy groups -OCH3 is 1. The van der Waals surface area contributed by atoms with E-state index in [2.05, 4.69) is 0 Å². The molecule has 3 rings (SSSR count). The number of ether oxygens (including phenoxy) is 5. The second-order valence-electron chi connectivity index (χ2n) is 8.24. The number of phenolic OH excluding ortho intramolecular Hbond substituents is 1. The van der Waals surface area contributed by atoms with Gasteiger partial charge in [-0.2, -0.15) is 0 Å². The van der Waals surface area contributed by atoms with E-state index in [1.54, 1.807) is 0 Å². The van der Waals surface area contributed by atoms with E-state index in [1.165, 1.54) is 31.4 Å². The molecule has 0 amide bonds. The SMILES string of the molecule is COc1cc(/C=C/C(=O)O[C@H]2[C@@H](O)[C@H](CO)O[C@@]2(CO)O[C@H]2O[C@H](CO)[C@@H](O)[C@@H](O)[C@H]2O)ccc1O. The van der Waals surface area contributed by atoms with Crippen LogP contribution in [0.2, 0.25) is 0 Å². The number of aromatic hydroxyl groups is 1. The predicted molar refractivity (Wildman–Crippen MR) is 116 cm³/mol. The number of aliphatic hydroxyl groups excluding tert-OH is 7. The van der Waals surface area contributed by atoms with Crippen molar-refractivity contribution < 1.29 is 69.3 Å². The van der Waals surface area contributed by atoms with E-state index in [1.807, 2.05) is 0 Å². The lowest BCUT2D eigenvalue weighted by molar-refractivity contribution is -0.383. The summed E-state index contributed by atoms with van der Waals surface area (Å²) in [5.41, 5.74) is 0.448. The fourth-order valence-electron chi connectivity index (χ4n) is 3.90. The molecule has 8 N–H and O–H groups in total. The van der Waals surface area contributed by atoms with Crippen molar-refractivity contribution in [2.75, 3.05) is 26.9 Å². The zero-order chi connectivity index (χ0) is 26.6. The van der Waals surface area contributed by atoms with E-state index in [-0.39, 0.29) is 11.5 Å². The molecule has 2 aliphatic rings. The highest BCUT2D eigenvalue weighted by molar-refractivity contribution is 5.87. The van der Waals surface area contributed by atoms with E-state index >= 15 is 0 Å². The molecule has 2 saturated heterocycles. The first-order valence-electron chi connectivity index (χ1n) is 10.9. The largest absolute Gasteiger partial charge is 0.504 e. The van der Waals surface area contributed by atoms with Crippen LogP contribution in [0.3, 0.4) is 0 Å². The van der Waals surface area contributed by atoms with Crippen LogP contribution in [0.4, 0.5) is 0 Å². The summed E-state index contributed by atoms with van der Waals surface area (Å²) in [6.07, 6.45) is -11.1. The van der Waals surface area contributed by atoms with Gasteiger partial charge in [-0.15, -0.1) is 0 Å². The van der Waals surface area contributed by atoms with Crippen LogP contribution in [0.15, 0.2) is 24.3 Å². The summed E-state index contributed by atoms with van der Waals surface area (Å²) < 4.78 is 26.5. The number of carbonyl (C=O) groups excluding carboxylic acids is 1. The summed E-state index contributed by atoms with van der Waals surface area (Å²) in [5, 5.41) is 79.5. The van der Waals surface area contributed by atoms with Crippen LogP contribution in [0.5, 0.6) is 11.5 Å². The zero-order valence-corrected chi connectivity index (χ0v) is 19.2. The van der Waals surface area contributed by atoms with Crippen molar-refractivity contribution in [2.24, 2.45) is 0 Å². The predicted octanol–water partition coefficient (Wildman–Crippen LogP) is -3.42. The zero-order valence-electron chi connectivity index (χ0n) is 19.2. The lowest BCUT2D eigenvalue weighted by atomic mass is 9.99. The summed E-state index contributed by atoms with van der Waals surface area (Å²) in [5.74, 6) is -3.35. The van der Waals surface area contributed by atoms with Gasteiger partial charge in [0.1, 0.15) is 43.2 Å². The molecule has 0 spiro atoms. The lowest BCUT2D eigenvalue weighted by Crippen LogP contribution is -2.63. The summed E-state index contributed by atoms with van der Waals surface area (Å²) in [7, 11) is 1.35. The lowest BCUT2D eigenvalue weighted by Gasteiger charge is -2.43. The molecule has 1 aromatic carbocycles. The minimum Gasteiger partial charge on any atom is -0.504 e. The van der Waals surface area contributed by atoms with E-state index in [9.17, 15) is 45.6 Å². The minimum atomic E-state index is -2.37. The topological polar surface area (TPSA) is 225 Å². The molecule has 9 atom stereocenters. The number of hydrogen-bond donors (Lipinski definition) is 8. The molecule has 2 fully saturated rings. The highest BCUT2D eigenvalue weighted by atomic mass is 16.8. The number of phenols is 1. The van der Waals surface area contributed by atoms with Gasteiger partial charge in [0.15, 0.2) is 23.9 Å². The molecule has 0 saturated carbocycles. The normalized spacial score (nSPS) is 36.8. The second-order valence-corrected chi connectivity index (χ2v) is 8.24. The Balaban J connectivity index is 1.81. The fourth-order valence-corrected chi connectivity index (χ4v) is 3.90. The number of esters is 1. The summed E-state index contributed by atoms with van der Waals surface area (Å²) in [6.45, 7) is -2.59. The Morgan fingerprint density at radius 1 is 1.03 bits per heavy atom. The van der Waals surface area contributed by atoms with Crippen molar-refractivity contribution in [1.82, 2.24) is 0 Å². The number of carbonyl (C=O) groups is 1. The van der Waals surface area contributed by atoms with Gasteiger partial charge in [0, 0.05) is 6.08 Å². The number of hydrogen-bond acceptors (Lipinski definition) is 14. The van der Waals surface area contributed by atoms with Crippen molar-refractivity contribution in [3.63, 3.8) is 0 Å². The maximum Gasteiger partial charge on any atom is 0.331 e. The summed E-state index contributed by atoms with van der Waals surface area (Å²) >= 11 is 0. The Bertz CT molecular complexity index is 922. The van der Waals surface area contributed by atoms with Crippen LogP contribution in [0, 0.1) is 0 Å². The first kappa shape index (κ1) is 28.2. The van der Waals surface area contributed by atoms with E-state index in [0.29, 0.717) is 5.56 Å². The smallest absolute Gasteiger partial charge is 0.331 e. The van der Waals surface area contributed by atoms with E-state index in [0.717, 1.165) is 6.08 Å². The number of rotatable bonds is 9. The maximum atomic E-state index is 12.5. The molecule has 36 heavy (non-hydrogen) atoms. The van der Waals surface area contributed by atoms with Gasteiger partial charge in [-0.3, -0.25) is 0 Å². The van der Waals surface area contributed by atoms with Gasteiger partial charge in [-0.25, -0.2) is 4.79 Å². The standard InChI is InChI=1S/C22H30O14/c1-32-12-6-10(2-4-11(12)26)3-5-15(27)34-20-17(29)14(8-24)35-22(20,9-25)36-21-19(31)18(30)16(28)13(7-23)33-21/h2-6,13-14,16-21,23-26,28-31H,7-9H2,1H3/b5-3+/t13-,14+,16-,17+,18-,19-,20+,21-,22+/m1/s1. The van der Waals surface area contributed by atoms with Gasteiger partial charge in [-0.05, 0) is 23.8 Å². The van der Waals surface area contributed by atoms with Crippen LogP contribution in [0.1, 0.15) is 5.56 Å². The van der Waals surface area contributed by atoms with Crippen LogP contribution in [0.25, 0.3) is 6.08 Å². The van der Waals surface area contributed by atoms with Crippen molar-refractivity contribution in [3.05, 3.63) is 29.8 Å². The average molecular weight is 518 g/mol. The Kier molecular flexibility index (Phi) is 9.23. The number of aliphatic hydroxyl groups is 7. The molecular weight excluding hydrogens is 488 g/mol.